The van der Waals surface area contributed by atoms with Crippen LogP contribution in [0.4, 0.5) is 8.78 Å². The van der Waals surface area contributed by atoms with E-state index in [1.54, 1.807) is 6.08 Å². The van der Waals surface area contributed by atoms with Crippen molar-refractivity contribution in [2.24, 2.45) is 5.84 Å². The van der Waals surface area contributed by atoms with Crippen LogP contribution in [0.2, 0.25) is 0 Å². The topological polar surface area (TPSA) is 38.0 Å². The monoisotopic (exact) mass is 198 g/mol. The maximum Gasteiger partial charge on any atom is 0.130 e. The molecule has 0 amide bonds. The molecule has 14 heavy (non-hydrogen) atoms. The highest BCUT2D eigenvalue weighted by Crippen LogP contribution is 2.20. The zero-order valence-electron chi connectivity index (χ0n) is 7.63. The molecule has 0 heterocycles. The maximum absolute atomic E-state index is 13.2. The molecule has 0 aromatic heterocycles. The number of nitrogens with one attached hydrogen (secondary N) is 1. The molecule has 0 spiro atoms. The van der Waals surface area contributed by atoms with Crippen LogP contribution >= 0.6 is 0 Å². The normalized spacial score (nSPS) is 12.5. The number of hydrazine groups is 1. The number of hydrogen-bond acceptors (Lipinski definition) is 2. The molecular weight excluding hydrogens is 186 g/mol. The summed E-state index contributed by atoms with van der Waals surface area (Å²) in [4.78, 5) is 0. The molecule has 76 valence electrons. The molecule has 4 heteroatoms. The minimum Gasteiger partial charge on any atom is -0.271 e. The van der Waals surface area contributed by atoms with Crippen LogP contribution in [-0.4, -0.2) is 0 Å². The van der Waals surface area contributed by atoms with E-state index >= 15 is 0 Å². The van der Waals surface area contributed by atoms with E-state index in [-0.39, 0.29) is 6.04 Å². The standard InChI is InChI=1S/C10H12F2N2/c1-2-3-10(14-13)8-5-4-7(11)6-9(8)12/h2,4-6,10,14H,1,3,13H2. The zero-order valence-corrected chi connectivity index (χ0v) is 7.63. The Balaban J connectivity index is 2.97. The molecule has 0 aliphatic rings. The zero-order chi connectivity index (χ0) is 10.6. The SMILES string of the molecule is C=CCC(NN)c1ccc(F)cc1F. The van der Waals surface area contributed by atoms with Gasteiger partial charge in [-0.25, -0.2) is 8.78 Å². The second kappa shape index (κ2) is 4.83. The van der Waals surface area contributed by atoms with Crippen molar-refractivity contribution in [1.82, 2.24) is 5.43 Å². The Labute approximate surface area is 81.4 Å². The van der Waals surface area contributed by atoms with Crippen LogP contribution in [0, 0.1) is 11.6 Å². The van der Waals surface area contributed by atoms with E-state index in [2.05, 4.69) is 12.0 Å². The van der Waals surface area contributed by atoms with Crippen molar-refractivity contribution in [3.8, 4) is 0 Å². The average molecular weight is 198 g/mol. The lowest BCUT2D eigenvalue weighted by atomic mass is 10.0. The van der Waals surface area contributed by atoms with Crippen molar-refractivity contribution in [2.45, 2.75) is 12.5 Å². The molecule has 1 atom stereocenters. The van der Waals surface area contributed by atoms with Gasteiger partial charge in [0.15, 0.2) is 0 Å². The first-order valence-corrected chi connectivity index (χ1v) is 4.21. The Bertz CT molecular complexity index is 326. The van der Waals surface area contributed by atoms with E-state index in [4.69, 9.17) is 5.84 Å². The molecule has 0 aliphatic heterocycles. The minimum absolute atomic E-state index is 0.341. The molecule has 0 saturated heterocycles. The molecule has 1 aromatic carbocycles. The van der Waals surface area contributed by atoms with Gasteiger partial charge < -0.3 is 0 Å². The molecule has 0 fully saturated rings. The molecule has 1 aromatic rings. The van der Waals surface area contributed by atoms with Gasteiger partial charge in [-0.1, -0.05) is 12.1 Å². The van der Waals surface area contributed by atoms with Crippen LogP contribution < -0.4 is 11.3 Å². The summed E-state index contributed by atoms with van der Waals surface area (Å²) in [5, 5.41) is 0. The summed E-state index contributed by atoms with van der Waals surface area (Å²) in [5.41, 5.74) is 2.79. The highest BCUT2D eigenvalue weighted by molar-refractivity contribution is 5.22. The molecule has 0 aliphatic carbocycles. The quantitative estimate of drug-likeness (QED) is 0.441. The lowest BCUT2D eigenvalue weighted by molar-refractivity contribution is 0.508. The lowest BCUT2D eigenvalue weighted by Crippen LogP contribution is -2.28. The van der Waals surface area contributed by atoms with Crippen molar-refractivity contribution < 1.29 is 8.78 Å². The van der Waals surface area contributed by atoms with Crippen LogP contribution in [0.1, 0.15) is 18.0 Å². The van der Waals surface area contributed by atoms with Crippen LogP contribution in [0.3, 0.4) is 0 Å². The Kier molecular flexibility index (Phi) is 3.73. The van der Waals surface area contributed by atoms with Crippen molar-refractivity contribution in [2.75, 3.05) is 0 Å². The second-order valence-corrected chi connectivity index (χ2v) is 2.91. The van der Waals surface area contributed by atoms with Gasteiger partial charge in [-0.2, -0.15) is 0 Å². The van der Waals surface area contributed by atoms with Crippen molar-refractivity contribution in [1.29, 1.82) is 0 Å². The number of benzene rings is 1. The Hall–Kier alpha value is -1.26. The first kappa shape index (κ1) is 10.8. The molecule has 3 N–H and O–H groups in total. The van der Waals surface area contributed by atoms with Crippen LogP contribution in [0.25, 0.3) is 0 Å². The van der Waals surface area contributed by atoms with Gasteiger partial charge in [0.1, 0.15) is 11.6 Å². The van der Waals surface area contributed by atoms with Crippen molar-refractivity contribution in [3.63, 3.8) is 0 Å². The van der Waals surface area contributed by atoms with Crippen molar-refractivity contribution in [3.05, 3.63) is 48.1 Å². The number of rotatable bonds is 4. The highest BCUT2D eigenvalue weighted by atomic mass is 19.1. The molecule has 1 rings (SSSR count). The second-order valence-electron chi connectivity index (χ2n) is 2.91. The van der Waals surface area contributed by atoms with Gasteiger partial charge in [-0.15, -0.1) is 6.58 Å². The number of halogens is 2. The summed E-state index contributed by atoms with van der Waals surface area (Å²) >= 11 is 0. The van der Waals surface area contributed by atoms with Crippen LogP contribution in [0.15, 0.2) is 30.9 Å². The summed E-state index contributed by atoms with van der Waals surface area (Å²) < 4.78 is 25.8. The van der Waals surface area contributed by atoms with Gasteiger partial charge in [-0.3, -0.25) is 11.3 Å². The van der Waals surface area contributed by atoms with Gasteiger partial charge in [0, 0.05) is 11.6 Å². The summed E-state index contributed by atoms with van der Waals surface area (Å²) in [5.74, 6) is 4.04. The molecule has 1 unspecified atom stereocenters. The Morgan fingerprint density at radius 1 is 1.50 bits per heavy atom. The summed E-state index contributed by atoms with van der Waals surface area (Å²) in [7, 11) is 0. The van der Waals surface area contributed by atoms with Gasteiger partial charge in [-0.05, 0) is 12.5 Å². The molecule has 0 radical (unpaired) electrons. The molecule has 0 saturated carbocycles. The number of nitrogens with two attached hydrogens (primary N) is 1. The van der Waals surface area contributed by atoms with Gasteiger partial charge in [0.2, 0.25) is 0 Å². The van der Waals surface area contributed by atoms with E-state index < -0.39 is 11.6 Å². The summed E-state index contributed by atoms with van der Waals surface area (Å²) in [6.07, 6.45) is 2.10. The third kappa shape index (κ3) is 2.37. The van der Waals surface area contributed by atoms with Gasteiger partial charge in [0.05, 0.1) is 6.04 Å². The predicted molar refractivity (Wildman–Crippen MR) is 51.2 cm³/mol. The van der Waals surface area contributed by atoms with E-state index in [0.717, 1.165) is 6.07 Å². The molecule has 0 bridgehead atoms. The fourth-order valence-corrected chi connectivity index (χ4v) is 1.24. The molecular formula is C10H12F2N2. The Morgan fingerprint density at radius 3 is 2.71 bits per heavy atom. The number of hydrogen-bond donors (Lipinski definition) is 2. The summed E-state index contributed by atoms with van der Waals surface area (Å²) in [6, 6.07) is 3.04. The Morgan fingerprint density at radius 2 is 2.21 bits per heavy atom. The first-order valence-electron chi connectivity index (χ1n) is 4.21. The van der Waals surface area contributed by atoms with E-state index in [1.165, 1.54) is 12.1 Å². The van der Waals surface area contributed by atoms with Crippen LogP contribution in [0.5, 0.6) is 0 Å². The van der Waals surface area contributed by atoms with E-state index in [1.807, 2.05) is 0 Å². The van der Waals surface area contributed by atoms with Gasteiger partial charge >= 0.3 is 0 Å². The van der Waals surface area contributed by atoms with Crippen molar-refractivity contribution >= 4 is 0 Å². The first-order chi connectivity index (χ1) is 6.69. The van der Waals surface area contributed by atoms with E-state index in [9.17, 15) is 8.78 Å². The smallest absolute Gasteiger partial charge is 0.130 e. The highest BCUT2D eigenvalue weighted by Gasteiger charge is 2.12. The van der Waals surface area contributed by atoms with Crippen LogP contribution in [-0.2, 0) is 0 Å². The fourth-order valence-electron chi connectivity index (χ4n) is 1.24. The summed E-state index contributed by atoms with van der Waals surface area (Å²) in [6.45, 7) is 3.53. The fraction of sp³-hybridized carbons (Fsp3) is 0.200. The third-order valence-corrected chi connectivity index (χ3v) is 1.94. The average Bonchev–Trinajstić information content (AvgIpc) is 2.15. The third-order valence-electron chi connectivity index (χ3n) is 1.94. The molecule has 2 nitrogen and oxygen atoms in total. The van der Waals surface area contributed by atoms with Gasteiger partial charge in [0.25, 0.3) is 0 Å². The lowest BCUT2D eigenvalue weighted by Gasteiger charge is -2.14. The van der Waals surface area contributed by atoms with E-state index in [0.29, 0.717) is 12.0 Å². The maximum atomic E-state index is 13.2. The predicted octanol–water partition coefficient (Wildman–Crippen LogP) is 2.05. The largest absolute Gasteiger partial charge is 0.271 e. The minimum atomic E-state index is -0.602.